The third-order valence-corrected chi connectivity index (χ3v) is 6.32. The maximum Gasteiger partial charge on any atom is 0.258 e. The van der Waals surface area contributed by atoms with Gasteiger partial charge in [0.2, 0.25) is 0 Å². The van der Waals surface area contributed by atoms with Crippen LogP contribution in [0.3, 0.4) is 0 Å². The molecule has 2 aliphatic heterocycles. The molecule has 2 unspecified atom stereocenters. The van der Waals surface area contributed by atoms with Crippen LogP contribution < -0.4 is 4.74 Å². The lowest BCUT2D eigenvalue weighted by Crippen LogP contribution is -2.28. The highest BCUT2D eigenvalue weighted by Crippen LogP contribution is 2.39. The zero-order valence-electron chi connectivity index (χ0n) is 18.9. The minimum absolute atomic E-state index is 0.0176. The average Bonchev–Trinajstić information content (AvgIpc) is 3.24. The van der Waals surface area contributed by atoms with Crippen molar-refractivity contribution in [1.82, 2.24) is 14.7 Å². The van der Waals surface area contributed by atoms with Crippen molar-refractivity contribution in [2.45, 2.75) is 67.1 Å². The summed E-state index contributed by atoms with van der Waals surface area (Å²) in [5, 5.41) is 4.81. The molecule has 0 bridgehead atoms. The first kappa shape index (κ1) is 20.6. The minimum Gasteiger partial charge on any atom is -0.493 e. The van der Waals surface area contributed by atoms with Crippen molar-refractivity contribution in [3.05, 3.63) is 41.1 Å². The molecule has 2 atom stereocenters. The first-order valence-corrected chi connectivity index (χ1v) is 10.8. The predicted molar refractivity (Wildman–Crippen MR) is 118 cm³/mol. The Bertz CT molecular complexity index is 999. The van der Waals surface area contributed by atoms with E-state index in [1.165, 1.54) is 0 Å². The highest BCUT2D eigenvalue weighted by molar-refractivity contribution is 5.97. The van der Waals surface area contributed by atoms with Crippen molar-refractivity contribution in [3.8, 4) is 5.75 Å². The van der Waals surface area contributed by atoms with Gasteiger partial charge in [-0.2, -0.15) is 5.10 Å². The zero-order chi connectivity index (χ0) is 21.6. The molecule has 160 valence electrons. The topological polar surface area (TPSA) is 59.7 Å². The largest absolute Gasteiger partial charge is 0.493 e. The van der Waals surface area contributed by atoms with E-state index in [4.69, 9.17) is 14.8 Å². The van der Waals surface area contributed by atoms with Gasteiger partial charge in [-0.05, 0) is 37.8 Å². The molecular formula is C24H32N4O2. The van der Waals surface area contributed by atoms with Gasteiger partial charge in [0.05, 0.1) is 37.0 Å². The van der Waals surface area contributed by atoms with Crippen LogP contribution in [-0.2, 0) is 13.1 Å². The number of amides is 1. The monoisotopic (exact) mass is 408 g/mol. The number of ether oxygens (including phenoxy) is 1. The molecule has 0 N–H and O–H groups in total. The van der Waals surface area contributed by atoms with Crippen LogP contribution in [0.25, 0.3) is 0 Å². The maximum atomic E-state index is 13.3. The quantitative estimate of drug-likeness (QED) is 0.702. The van der Waals surface area contributed by atoms with Gasteiger partial charge >= 0.3 is 0 Å². The summed E-state index contributed by atoms with van der Waals surface area (Å²) in [6.45, 7) is 14.7. The van der Waals surface area contributed by atoms with E-state index < -0.39 is 0 Å². The average molecular weight is 409 g/mol. The van der Waals surface area contributed by atoms with E-state index in [9.17, 15) is 4.79 Å². The third-order valence-electron chi connectivity index (χ3n) is 6.32. The van der Waals surface area contributed by atoms with E-state index in [0.717, 1.165) is 29.2 Å². The van der Waals surface area contributed by atoms with Crippen molar-refractivity contribution in [3.63, 3.8) is 0 Å². The molecule has 0 aliphatic carbocycles. The summed E-state index contributed by atoms with van der Waals surface area (Å²) in [4.78, 5) is 20.0. The molecule has 0 saturated heterocycles. The van der Waals surface area contributed by atoms with Gasteiger partial charge in [-0.15, -0.1) is 0 Å². The Labute approximate surface area is 178 Å². The smallest absolute Gasteiger partial charge is 0.258 e. The molecule has 2 aromatic rings. The van der Waals surface area contributed by atoms with E-state index in [0.29, 0.717) is 36.9 Å². The fourth-order valence-electron chi connectivity index (χ4n) is 4.00. The zero-order valence-corrected chi connectivity index (χ0v) is 18.9. The lowest BCUT2D eigenvalue weighted by molar-refractivity contribution is 0.0744. The van der Waals surface area contributed by atoms with E-state index >= 15 is 0 Å². The second-order valence-corrected chi connectivity index (χ2v) is 9.79. The number of para-hydroxylation sites is 1. The number of rotatable bonds is 4. The summed E-state index contributed by atoms with van der Waals surface area (Å²) < 4.78 is 8.03. The Kier molecular flexibility index (Phi) is 5.20. The molecule has 0 radical (unpaired) electrons. The summed E-state index contributed by atoms with van der Waals surface area (Å²) >= 11 is 0. The molecule has 0 saturated carbocycles. The lowest BCUT2D eigenvalue weighted by Gasteiger charge is -2.27. The molecular weight excluding hydrogens is 376 g/mol. The summed E-state index contributed by atoms with van der Waals surface area (Å²) in [6.07, 6.45) is 0.927. The molecule has 1 amide bonds. The van der Waals surface area contributed by atoms with E-state index in [2.05, 4.69) is 41.5 Å². The summed E-state index contributed by atoms with van der Waals surface area (Å²) in [5.74, 6) is 1.92. The fraction of sp³-hybridized carbons (Fsp3) is 0.542. The molecule has 6 heteroatoms. The van der Waals surface area contributed by atoms with Crippen molar-refractivity contribution < 1.29 is 9.53 Å². The standard InChI is InChI=1S/C24H32N4O2/c1-15-16(2)25-22-19-13-27(14-20(19)26-28(22)17(15)3)23(29)18-9-7-8-10-21(18)30-12-11-24(4,5)6/h7-10,15,17H,11-14H2,1-6H3. The summed E-state index contributed by atoms with van der Waals surface area (Å²) in [7, 11) is 0. The second kappa shape index (κ2) is 7.56. The number of carbonyl (C=O) groups is 1. The van der Waals surface area contributed by atoms with Crippen molar-refractivity contribution in [2.75, 3.05) is 6.61 Å². The summed E-state index contributed by atoms with van der Waals surface area (Å²) in [6, 6.07) is 7.81. The van der Waals surface area contributed by atoms with Gasteiger partial charge in [0.15, 0.2) is 5.82 Å². The van der Waals surface area contributed by atoms with Gasteiger partial charge in [0.25, 0.3) is 5.91 Å². The number of carbonyl (C=O) groups excluding carboxylic acids is 1. The molecule has 6 nitrogen and oxygen atoms in total. The van der Waals surface area contributed by atoms with Crippen LogP contribution in [0.2, 0.25) is 0 Å². The van der Waals surface area contributed by atoms with Gasteiger partial charge in [-0.1, -0.05) is 39.8 Å². The number of hydrogen-bond acceptors (Lipinski definition) is 4. The van der Waals surface area contributed by atoms with Crippen LogP contribution in [0.15, 0.2) is 29.3 Å². The van der Waals surface area contributed by atoms with Gasteiger partial charge in [-0.25, -0.2) is 9.67 Å². The van der Waals surface area contributed by atoms with E-state index in [-0.39, 0.29) is 17.4 Å². The van der Waals surface area contributed by atoms with Crippen molar-refractivity contribution >= 4 is 17.4 Å². The van der Waals surface area contributed by atoms with Crippen LogP contribution in [0.1, 0.15) is 75.6 Å². The third kappa shape index (κ3) is 3.75. The maximum absolute atomic E-state index is 13.3. The molecule has 1 aromatic carbocycles. The lowest BCUT2D eigenvalue weighted by atomic mass is 9.93. The van der Waals surface area contributed by atoms with Gasteiger partial charge in [0, 0.05) is 17.2 Å². The van der Waals surface area contributed by atoms with Crippen molar-refractivity contribution in [2.24, 2.45) is 16.3 Å². The Morgan fingerprint density at radius 3 is 2.67 bits per heavy atom. The molecule has 0 spiro atoms. The number of benzene rings is 1. The Morgan fingerprint density at radius 2 is 1.93 bits per heavy atom. The normalized spacial score (nSPS) is 20.6. The van der Waals surface area contributed by atoms with Gasteiger partial charge in [0.1, 0.15) is 5.75 Å². The van der Waals surface area contributed by atoms with Crippen LogP contribution >= 0.6 is 0 Å². The molecule has 0 fully saturated rings. The molecule has 2 aliphatic rings. The highest BCUT2D eigenvalue weighted by atomic mass is 16.5. The number of aliphatic imine (C=N–C) groups is 1. The number of fused-ring (bicyclic) bond motifs is 3. The first-order chi connectivity index (χ1) is 14.2. The predicted octanol–water partition coefficient (Wildman–Crippen LogP) is 5.16. The Morgan fingerprint density at radius 1 is 1.20 bits per heavy atom. The SMILES string of the molecule is CC1=Nc2c3c(nn2C(C)C1C)CN(C(=O)c1ccccc1OCCC(C)(C)C)C3. The Hall–Kier alpha value is -2.63. The molecule has 3 heterocycles. The van der Waals surface area contributed by atoms with Crippen LogP contribution in [0.5, 0.6) is 5.75 Å². The number of nitrogens with zero attached hydrogens (tertiary/aromatic N) is 4. The molecule has 4 rings (SSSR count). The fourth-order valence-corrected chi connectivity index (χ4v) is 4.00. The van der Waals surface area contributed by atoms with E-state index in [1.807, 2.05) is 33.8 Å². The van der Waals surface area contributed by atoms with Crippen LogP contribution in [-0.4, -0.2) is 32.9 Å². The Balaban J connectivity index is 1.52. The van der Waals surface area contributed by atoms with Crippen molar-refractivity contribution in [1.29, 1.82) is 0 Å². The minimum atomic E-state index is -0.0176. The van der Waals surface area contributed by atoms with E-state index in [1.54, 1.807) is 0 Å². The van der Waals surface area contributed by atoms with Crippen LogP contribution in [0, 0.1) is 11.3 Å². The number of hydrogen-bond donors (Lipinski definition) is 0. The first-order valence-electron chi connectivity index (χ1n) is 10.8. The molecule has 30 heavy (non-hydrogen) atoms. The summed E-state index contributed by atoms with van der Waals surface area (Å²) in [5.41, 5.74) is 3.96. The second-order valence-electron chi connectivity index (χ2n) is 9.79. The highest BCUT2D eigenvalue weighted by Gasteiger charge is 2.35. The van der Waals surface area contributed by atoms with Gasteiger partial charge in [-0.3, -0.25) is 4.79 Å². The number of aromatic nitrogens is 2. The van der Waals surface area contributed by atoms with Gasteiger partial charge < -0.3 is 9.64 Å². The van der Waals surface area contributed by atoms with Crippen LogP contribution in [0.4, 0.5) is 5.82 Å². The molecule has 1 aromatic heterocycles.